The maximum Gasteiger partial charge on any atom is 0.324 e. The molecule has 1 rings (SSSR count). The largest absolute Gasteiger partial charge is 0.324 e. The van der Waals surface area contributed by atoms with Crippen molar-refractivity contribution in [2.24, 2.45) is 0 Å². The van der Waals surface area contributed by atoms with Crippen LogP contribution < -0.4 is 10.6 Å². The summed E-state index contributed by atoms with van der Waals surface area (Å²) in [5.41, 5.74) is 1.84. The number of anilines is 1. The number of amides is 2. The van der Waals surface area contributed by atoms with Crippen molar-refractivity contribution in [3.05, 3.63) is 28.2 Å². The van der Waals surface area contributed by atoms with Crippen LogP contribution in [0.1, 0.15) is 12.5 Å². The van der Waals surface area contributed by atoms with Crippen molar-refractivity contribution in [1.82, 2.24) is 5.32 Å². The molecule has 5 heteroatoms. The summed E-state index contributed by atoms with van der Waals surface area (Å²) >= 11 is 3.42. The smallest absolute Gasteiger partial charge is 0.308 e. The molecule has 0 saturated heterocycles. The topological polar surface area (TPSA) is 65.0 Å². The molecule has 0 aliphatic heterocycles. The Balaban J connectivity index is 2.78. The third-order valence-corrected chi connectivity index (χ3v) is 2.66. The second kappa shape index (κ2) is 5.50. The summed E-state index contributed by atoms with van der Waals surface area (Å²) in [6, 6.07) is 5.17. The van der Waals surface area contributed by atoms with Gasteiger partial charge in [0, 0.05) is 10.2 Å². The number of hydrogen-bond donors (Lipinski definition) is 3. The molecule has 15 heavy (non-hydrogen) atoms. The summed E-state index contributed by atoms with van der Waals surface area (Å²) < 4.78 is 1.03. The summed E-state index contributed by atoms with van der Waals surface area (Å²) in [5, 5.41) is 11.6. The zero-order valence-electron chi connectivity index (χ0n) is 8.30. The number of halogens is 1. The van der Waals surface area contributed by atoms with E-state index in [1.54, 1.807) is 6.07 Å². The molecule has 1 aromatic carbocycles. The van der Waals surface area contributed by atoms with Crippen LogP contribution in [0.15, 0.2) is 22.7 Å². The van der Waals surface area contributed by atoms with Crippen molar-refractivity contribution in [3.63, 3.8) is 0 Å². The first-order chi connectivity index (χ1) is 7.17. The summed E-state index contributed by atoms with van der Waals surface area (Å²) in [5.74, 6) is 0. The lowest BCUT2D eigenvalue weighted by molar-refractivity contribution is 0.256. The van der Waals surface area contributed by atoms with Crippen LogP contribution in [0.3, 0.4) is 0 Å². The first-order valence-corrected chi connectivity index (χ1v) is 5.31. The number of aryl methyl sites for hydroxylation is 1. The van der Waals surface area contributed by atoms with Crippen molar-refractivity contribution in [2.75, 3.05) is 5.32 Å². The van der Waals surface area contributed by atoms with Crippen molar-refractivity contribution in [3.8, 4) is 0 Å². The van der Waals surface area contributed by atoms with Gasteiger partial charge in [0.15, 0.2) is 0 Å². The SMILES string of the molecule is CCc1cc(NC(=O)NC=N)ccc1Br. The molecule has 0 aliphatic carbocycles. The molecular weight excluding hydrogens is 258 g/mol. The van der Waals surface area contributed by atoms with Crippen LogP contribution in [0.5, 0.6) is 0 Å². The van der Waals surface area contributed by atoms with Crippen LogP contribution in [0.25, 0.3) is 0 Å². The molecule has 0 radical (unpaired) electrons. The van der Waals surface area contributed by atoms with Gasteiger partial charge in [-0.2, -0.15) is 0 Å². The minimum atomic E-state index is -0.408. The van der Waals surface area contributed by atoms with Crippen LogP contribution in [-0.2, 0) is 6.42 Å². The minimum absolute atomic E-state index is 0.408. The van der Waals surface area contributed by atoms with Gasteiger partial charge in [0.25, 0.3) is 0 Å². The number of carbonyl (C=O) groups excluding carboxylic acids is 1. The zero-order valence-corrected chi connectivity index (χ0v) is 9.89. The van der Waals surface area contributed by atoms with Gasteiger partial charge in [0.1, 0.15) is 0 Å². The van der Waals surface area contributed by atoms with E-state index in [2.05, 4.69) is 26.6 Å². The number of rotatable bonds is 3. The van der Waals surface area contributed by atoms with Crippen LogP contribution >= 0.6 is 15.9 Å². The minimum Gasteiger partial charge on any atom is -0.308 e. The highest BCUT2D eigenvalue weighted by Crippen LogP contribution is 2.21. The Kier molecular flexibility index (Phi) is 4.30. The van der Waals surface area contributed by atoms with Gasteiger partial charge in [-0.3, -0.25) is 10.7 Å². The molecule has 0 aromatic heterocycles. The van der Waals surface area contributed by atoms with E-state index >= 15 is 0 Å². The van der Waals surface area contributed by atoms with Crippen LogP contribution in [-0.4, -0.2) is 12.4 Å². The quantitative estimate of drug-likeness (QED) is 0.573. The second-order valence-corrected chi connectivity index (χ2v) is 3.76. The average molecular weight is 270 g/mol. The molecular formula is C10H12BrN3O. The number of nitrogens with one attached hydrogen (secondary N) is 3. The highest BCUT2D eigenvalue weighted by atomic mass is 79.9. The fourth-order valence-electron chi connectivity index (χ4n) is 1.16. The molecule has 0 unspecified atom stereocenters. The summed E-state index contributed by atoms with van der Waals surface area (Å²) in [4.78, 5) is 11.1. The van der Waals surface area contributed by atoms with E-state index in [9.17, 15) is 4.79 Å². The maximum atomic E-state index is 11.1. The molecule has 4 nitrogen and oxygen atoms in total. The summed E-state index contributed by atoms with van der Waals surface area (Å²) in [7, 11) is 0. The first-order valence-electron chi connectivity index (χ1n) is 4.52. The maximum absolute atomic E-state index is 11.1. The van der Waals surface area contributed by atoms with E-state index in [1.165, 1.54) is 0 Å². The highest BCUT2D eigenvalue weighted by Gasteiger charge is 2.02. The predicted molar refractivity (Wildman–Crippen MR) is 64.5 cm³/mol. The fourth-order valence-corrected chi connectivity index (χ4v) is 1.68. The molecule has 0 fully saturated rings. The summed E-state index contributed by atoms with van der Waals surface area (Å²) in [6.07, 6.45) is 1.73. The van der Waals surface area contributed by atoms with Crippen molar-refractivity contribution in [1.29, 1.82) is 5.41 Å². The average Bonchev–Trinajstić information content (AvgIpc) is 2.21. The fraction of sp³-hybridized carbons (Fsp3) is 0.200. The van der Waals surface area contributed by atoms with Crippen molar-refractivity contribution >= 4 is 34.0 Å². The second-order valence-electron chi connectivity index (χ2n) is 2.90. The Labute approximate surface area is 96.7 Å². The molecule has 1 aromatic rings. The molecule has 2 amide bonds. The number of benzene rings is 1. The lowest BCUT2D eigenvalue weighted by Gasteiger charge is -2.07. The molecule has 80 valence electrons. The van der Waals surface area contributed by atoms with Crippen molar-refractivity contribution < 1.29 is 4.79 Å². The van der Waals surface area contributed by atoms with Crippen LogP contribution in [0, 0.1) is 5.41 Å². The van der Waals surface area contributed by atoms with E-state index in [1.807, 2.05) is 19.1 Å². The molecule has 0 bridgehead atoms. The molecule has 0 aliphatic rings. The standard InChI is InChI=1S/C10H12BrN3O/c1-2-7-5-8(3-4-9(7)11)14-10(15)13-6-12/h3-6H,2H2,1H3,(H3,12,13,14,15). The Morgan fingerprint density at radius 2 is 2.33 bits per heavy atom. The van der Waals surface area contributed by atoms with Gasteiger partial charge in [-0.25, -0.2) is 4.79 Å². The zero-order chi connectivity index (χ0) is 11.3. The number of urea groups is 1. The number of hydrogen-bond acceptors (Lipinski definition) is 2. The van der Waals surface area contributed by atoms with Gasteiger partial charge in [0.05, 0.1) is 6.34 Å². The molecule has 3 N–H and O–H groups in total. The van der Waals surface area contributed by atoms with Gasteiger partial charge < -0.3 is 5.32 Å². The lowest BCUT2D eigenvalue weighted by atomic mass is 10.1. The van der Waals surface area contributed by atoms with Gasteiger partial charge in [-0.15, -0.1) is 0 Å². The van der Waals surface area contributed by atoms with E-state index in [0.717, 1.165) is 28.5 Å². The molecule has 0 spiro atoms. The molecule has 0 heterocycles. The Morgan fingerprint density at radius 3 is 2.93 bits per heavy atom. The lowest BCUT2D eigenvalue weighted by Crippen LogP contribution is -2.26. The molecule has 0 atom stereocenters. The van der Waals surface area contributed by atoms with Crippen LogP contribution in [0.2, 0.25) is 0 Å². The van der Waals surface area contributed by atoms with Gasteiger partial charge in [0.2, 0.25) is 0 Å². The van der Waals surface area contributed by atoms with Crippen molar-refractivity contribution in [2.45, 2.75) is 13.3 Å². The van der Waals surface area contributed by atoms with E-state index < -0.39 is 6.03 Å². The molecule has 0 saturated carbocycles. The van der Waals surface area contributed by atoms with Crippen LogP contribution in [0.4, 0.5) is 10.5 Å². The van der Waals surface area contributed by atoms with Gasteiger partial charge >= 0.3 is 6.03 Å². The van der Waals surface area contributed by atoms with Gasteiger partial charge in [-0.1, -0.05) is 22.9 Å². The highest BCUT2D eigenvalue weighted by molar-refractivity contribution is 9.10. The Morgan fingerprint density at radius 1 is 1.60 bits per heavy atom. The monoisotopic (exact) mass is 269 g/mol. The first kappa shape index (κ1) is 11.7. The summed E-state index contributed by atoms with van der Waals surface area (Å²) in [6.45, 7) is 2.04. The Bertz CT molecular complexity index is 379. The van der Waals surface area contributed by atoms with E-state index in [4.69, 9.17) is 5.41 Å². The van der Waals surface area contributed by atoms with E-state index in [0.29, 0.717) is 0 Å². The van der Waals surface area contributed by atoms with E-state index in [-0.39, 0.29) is 0 Å². The third kappa shape index (κ3) is 3.36. The number of carbonyl (C=O) groups is 1. The normalized spacial score (nSPS) is 9.47. The Hall–Kier alpha value is -1.36. The van der Waals surface area contributed by atoms with Gasteiger partial charge in [-0.05, 0) is 30.2 Å². The predicted octanol–water partition coefficient (Wildman–Crippen LogP) is 2.74. The third-order valence-electron chi connectivity index (χ3n) is 1.89.